The van der Waals surface area contributed by atoms with Crippen LogP contribution < -0.4 is 5.73 Å². The maximum absolute atomic E-state index is 12.6. The van der Waals surface area contributed by atoms with Gasteiger partial charge in [-0.1, -0.05) is 0 Å². The largest absolute Gasteiger partial charge is 0.419 e. The summed E-state index contributed by atoms with van der Waals surface area (Å²) in [5.74, 6) is 0.419. The summed E-state index contributed by atoms with van der Waals surface area (Å²) in [6.07, 6.45) is 0. The van der Waals surface area contributed by atoms with Crippen molar-refractivity contribution in [2.45, 2.75) is 13.0 Å². The number of hydrogen-bond donors (Lipinski definition) is 1. The Labute approximate surface area is 85.9 Å². The molecule has 0 unspecified atom stereocenters. The third-order valence-electron chi connectivity index (χ3n) is 1.92. The highest BCUT2D eigenvalue weighted by atomic mass is 19.1. The summed E-state index contributed by atoms with van der Waals surface area (Å²) in [5, 5.41) is 7.60. The van der Waals surface area contributed by atoms with E-state index < -0.39 is 0 Å². The van der Waals surface area contributed by atoms with Crippen LogP contribution in [0.2, 0.25) is 0 Å². The van der Waals surface area contributed by atoms with Crippen LogP contribution in [-0.4, -0.2) is 10.2 Å². The Hall–Kier alpha value is -1.75. The van der Waals surface area contributed by atoms with Gasteiger partial charge in [0.1, 0.15) is 5.82 Å². The van der Waals surface area contributed by atoms with Crippen molar-refractivity contribution in [2.75, 3.05) is 0 Å². The Kier molecular flexibility index (Phi) is 2.47. The summed E-state index contributed by atoms with van der Waals surface area (Å²) in [6.45, 7) is 1.75. The summed E-state index contributed by atoms with van der Waals surface area (Å²) < 4.78 is 18.0. The first kappa shape index (κ1) is 9.79. The lowest BCUT2D eigenvalue weighted by Gasteiger charge is -1.96. The van der Waals surface area contributed by atoms with Crippen LogP contribution in [0.1, 0.15) is 18.9 Å². The second-order valence-electron chi connectivity index (χ2n) is 3.24. The number of halogens is 1. The van der Waals surface area contributed by atoms with Crippen molar-refractivity contribution < 1.29 is 8.81 Å². The molecule has 5 heteroatoms. The predicted octanol–water partition coefficient (Wildman–Crippen LogP) is 1.90. The van der Waals surface area contributed by atoms with Gasteiger partial charge in [-0.05, 0) is 31.2 Å². The molecule has 78 valence electrons. The Morgan fingerprint density at radius 1 is 1.27 bits per heavy atom. The van der Waals surface area contributed by atoms with Crippen LogP contribution in [0.15, 0.2) is 28.7 Å². The fourth-order valence-corrected chi connectivity index (χ4v) is 1.13. The molecule has 0 spiro atoms. The van der Waals surface area contributed by atoms with E-state index >= 15 is 0 Å². The second-order valence-corrected chi connectivity index (χ2v) is 3.24. The van der Waals surface area contributed by atoms with Gasteiger partial charge in [0.25, 0.3) is 0 Å². The molecule has 0 saturated heterocycles. The molecule has 0 saturated carbocycles. The molecule has 15 heavy (non-hydrogen) atoms. The molecule has 2 N–H and O–H groups in total. The third-order valence-corrected chi connectivity index (χ3v) is 1.92. The molecule has 0 aliphatic heterocycles. The maximum atomic E-state index is 12.6. The van der Waals surface area contributed by atoms with Gasteiger partial charge < -0.3 is 10.2 Å². The number of nitrogens with zero attached hydrogens (tertiary/aromatic N) is 2. The Bertz CT molecular complexity index is 450. The van der Waals surface area contributed by atoms with Crippen molar-refractivity contribution in [2.24, 2.45) is 5.73 Å². The van der Waals surface area contributed by atoms with E-state index in [0.29, 0.717) is 17.3 Å². The standard InChI is InChI=1S/C10H10FN3O/c1-6(12)9-13-14-10(15-9)7-2-4-8(11)5-3-7/h2-6H,12H2,1H3/t6-/m1/s1. The molecule has 0 radical (unpaired) electrons. The predicted molar refractivity (Wildman–Crippen MR) is 52.3 cm³/mol. The SMILES string of the molecule is C[C@@H](N)c1nnc(-c2ccc(F)cc2)o1. The average Bonchev–Trinajstić information content (AvgIpc) is 2.68. The highest BCUT2D eigenvalue weighted by Crippen LogP contribution is 2.19. The monoisotopic (exact) mass is 207 g/mol. The summed E-state index contributed by atoms with van der Waals surface area (Å²) in [4.78, 5) is 0. The molecule has 2 rings (SSSR count). The lowest BCUT2D eigenvalue weighted by atomic mass is 10.2. The average molecular weight is 207 g/mol. The normalized spacial score (nSPS) is 12.7. The molecule has 0 aliphatic rings. The van der Waals surface area contributed by atoms with Crippen LogP contribution in [0.5, 0.6) is 0 Å². The molecule has 0 aliphatic carbocycles. The quantitative estimate of drug-likeness (QED) is 0.816. The molecule has 1 aromatic heterocycles. The topological polar surface area (TPSA) is 64.9 Å². The Morgan fingerprint density at radius 3 is 2.47 bits per heavy atom. The van der Waals surface area contributed by atoms with Crippen molar-refractivity contribution in [1.29, 1.82) is 0 Å². The molecule has 0 fully saturated rings. The number of nitrogens with two attached hydrogens (primary N) is 1. The van der Waals surface area contributed by atoms with E-state index in [0.717, 1.165) is 0 Å². The van der Waals surface area contributed by atoms with Gasteiger partial charge >= 0.3 is 0 Å². The van der Waals surface area contributed by atoms with Gasteiger partial charge in [0.05, 0.1) is 6.04 Å². The molecular weight excluding hydrogens is 197 g/mol. The van der Waals surface area contributed by atoms with Gasteiger partial charge in [-0.15, -0.1) is 10.2 Å². The van der Waals surface area contributed by atoms with Crippen LogP contribution >= 0.6 is 0 Å². The summed E-state index contributed by atoms with van der Waals surface area (Å²) in [6, 6.07) is 5.53. The number of benzene rings is 1. The number of hydrogen-bond acceptors (Lipinski definition) is 4. The van der Waals surface area contributed by atoms with E-state index in [1.54, 1.807) is 19.1 Å². The van der Waals surface area contributed by atoms with Crippen LogP contribution in [0.25, 0.3) is 11.5 Å². The van der Waals surface area contributed by atoms with Gasteiger partial charge in [-0.25, -0.2) is 4.39 Å². The summed E-state index contributed by atoms with van der Waals surface area (Å²) in [5.41, 5.74) is 6.25. The van der Waals surface area contributed by atoms with E-state index in [1.165, 1.54) is 12.1 Å². The minimum absolute atomic E-state index is 0.299. The van der Waals surface area contributed by atoms with Gasteiger partial charge in [0.2, 0.25) is 11.8 Å². The van der Waals surface area contributed by atoms with Crippen LogP contribution in [0.3, 0.4) is 0 Å². The van der Waals surface area contributed by atoms with Crippen molar-refractivity contribution in [3.63, 3.8) is 0 Å². The molecule has 1 atom stereocenters. The van der Waals surface area contributed by atoms with Gasteiger partial charge in [0.15, 0.2) is 0 Å². The lowest BCUT2D eigenvalue weighted by molar-refractivity contribution is 0.473. The third kappa shape index (κ3) is 2.02. The lowest BCUT2D eigenvalue weighted by Crippen LogP contribution is -2.04. The highest BCUT2D eigenvalue weighted by Gasteiger charge is 2.11. The van der Waals surface area contributed by atoms with Crippen molar-refractivity contribution in [3.8, 4) is 11.5 Å². The van der Waals surface area contributed by atoms with Crippen LogP contribution in [0, 0.1) is 5.82 Å². The summed E-state index contributed by atoms with van der Waals surface area (Å²) in [7, 11) is 0. The fourth-order valence-electron chi connectivity index (χ4n) is 1.13. The van der Waals surface area contributed by atoms with Crippen molar-refractivity contribution in [3.05, 3.63) is 36.0 Å². The van der Waals surface area contributed by atoms with Gasteiger partial charge in [-0.2, -0.15) is 0 Å². The molecule has 1 heterocycles. The van der Waals surface area contributed by atoms with Crippen molar-refractivity contribution >= 4 is 0 Å². The van der Waals surface area contributed by atoms with Gasteiger partial charge in [0, 0.05) is 5.56 Å². The van der Waals surface area contributed by atoms with Crippen molar-refractivity contribution in [1.82, 2.24) is 10.2 Å². The number of rotatable bonds is 2. The molecule has 1 aromatic carbocycles. The first-order valence-corrected chi connectivity index (χ1v) is 4.52. The molecule has 0 amide bonds. The van der Waals surface area contributed by atoms with Crippen LogP contribution in [0.4, 0.5) is 4.39 Å². The Morgan fingerprint density at radius 2 is 1.93 bits per heavy atom. The summed E-state index contributed by atoms with van der Waals surface area (Å²) >= 11 is 0. The first-order valence-electron chi connectivity index (χ1n) is 4.52. The van der Waals surface area contributed by atoms with Crippen LogP contribution in [-0.2, 0) is 0 Å². The molecule has 2 aromatic rings. The smallest absolute Gasteiger partial charge is 0.247 e. The van der Waals surface area contributed by atoms with E-state index in [-0.39, 0.29) is 11.9 Å². The zero-order chi connectivity index (χ0) is 10.8. The van der Waals surface area contributed by atoms with Gasteiger partial charge in [-0.3, -0.25) is 0 Å². The highest BCUT2D eigenvalue weighted by molar-refractivity contribution is 5.51. The van der Waals surface area contributed by atoms with E-state index in [4.69, 9.17) is 10.2 Å². The fraction of sp³-hybridized carbons (Fsp3) is 0.200. The first-order chi connectivity index (χ1) is 7.16. The maximum Gasteiger partial charge on any atom is 0.247 e. The zero-order valence-corrected chi connectivity index (χ0v) is 8.14. The van der Waals surface area contributed by atoms with E-state index in [2.05, 4.69) is 10.2 Å². The molecular formula is C10H10FN3O. The van der Waals surface area contributed by atoms with E-state index in [9.17, 15) is 4.39 Å². The second kappa shape index (κ2) is 3.78. The minimum atomic E-state index is -0.300. The van der Waals surface area contributed by atoms with E-state index in [1.807, 2.05) is 0 Å². The minimum Gasteiger partial charge on any atom is -0.419 e. The zero-order valence-electron chi connectivity index (χ0n) is 8.14. The molecule has 0 bridgehead atoms. The number of aromatic nitrogens is 2. The Balaban J connectivity index is 2.33. The molecule has 4 nitrogen and oxygen atoms in total.